The molecule has 0 atom stereocenters. The molecular formula is C23H21N7O. The van der Waals surface area contributed by atoms with E-state index in [1.54, 1.807) is 17.0 Å². The third-order valence-electron chi connectivity index (χ3n) is 4.99. The van der Waals surface area contributed by atoms with E-state index in [-0.39, 0.29) is 6.61 Å². The molecule has 0 bridgehead atoms. The lowest BCUT2D eigenvalue weighted by Gasteiger charge is -2.08. The van der Waals surface area contributed by atoms with Crippen LogP contribution in [0.5, 0.6) is 0 Å². The van der Waals surface area contributed by atoms with Crippen LogP contribution in [0.15, 0.2) is 73.7 Å². The predicted molar refractivity (Wildman–Crippen MR) is 118 cm³/mol. The van der Waals surface area contributed by atoms with Crippen molar-refractivity contribution in [2.24, 2.45) is 0 Å². The first-order valence-electron chi connectivity index (χ1n) is 9.91. The van der Waals surface area contributed by atoms with Crippen LogP contribution in [0.4, 0.5) is 0 Å². The number of aromatic nitrogens is 6. The molecule has 0 aliphatic carbocycles. The molecule has 154 valence electrons. The van der Waals surface area contributed by atoms with Gasteiger partial charge >= 0.3 is 0 Å². The second kappa shape index (κ2) is 8.00. The lowest BCUT2D eigenvalue weighted by molar-refractivity contribution is 0.0603. The van der Waals surface area contributed by atoms with Crippen molar-refractivity contribution in [3.8, 4) is 0 Å². The molecule has 0 radical (unpaired) electrons. The van der Waals surface area contributed by atoms with Crippen LogP contribution in [-0.4, -0.2) is 29.4 Å². The second-order valence-corrected chi connectivity index (χ2v) is 7.30. The topological polar surface area (TPSA) is 82.2 Å². The van der Waals surface area contributed by atoms with Crippen molar-refractivity contribution >= 4 is 22.4 Å². The highest BCUT2D eigenvalue weighted by molar-refractivity contribution is 5.88. The zero-order chi connectivity index (χ0) is 21.2. The molecule has 1 N–H and O–H groups in total. The van der Waals surface area contributed by atoms with Gasteiger partial charge in [0.25, 0.3) is 0 Å². The lowest BCUT2D eigenvalue weighted by Crippen LogP contribution is -2.12. The highest BCUT2D eigenvalue weighted by atomic mass is 16.6. The van der Waals surface area contributed by atoms with E-state index in [0.717, 1.165) is 22.2 Å². The van der Waals surface area contributed by atoms with Crippen LogP contribution in [-0.2, 0) is 18.0 Å². The van der Waals surface area contributed by atoms with Gasteiger partial charge in [-0.3, -0.25) is 10.3 Å². The average molecular weight is 411 g/mol. The standard InChI is InChI=1S/C23H21N7O/c1-16-8-10-19(11-9-16)17(2)28-31-14-21-26-23-20-12-25-29(13-18-6-4-3-5-7-18)22(20)24-15-30(23)27-21/h3-12,15,28H,2,13-14H2,1H3. The summed E-state index contributed by atoms with van der Waals surface area (Å²) in [5, 5.41) is 9.78. The summed E-state index contributed by atoms with van der Waals surface area (Å²) >= 11 is 0. The fourth-order valence-electron chi connectivity index (χ4n) is 3.35. The SMILES string of the molecule is C=C(NOCc1nc2c3cnn(Cc4ccccc4)c3ncn2n1)c1ccc(C)cc1. The number of aryl methyl sites for hydroxylation is 1. The van der Waals surface area contributed by atoms with Gasteiger partial charge in [0.1, 0.15) is 12.9 Å². The van der Waals surface area contributed by atoms with E-state index >= 15 is 0 Å². The first-order chi connectivity index (χ1) is 15.2. The first kappa shape index (κ1) is 19.0. The molecule has 5 rings (SSSR count). The first-order valence-corrected chi connectivity index (χ1v) is 9.91. The molecule has 8 heteroatoms. The third kappa shape index (κ3) is 3.88. The number of nitrogens with one attached hydrogen (secondary N) is 1. The molecular weight excluding hydrogens is 390 g/mol. The summed E-state index contributed by atoms with van der Waals surface area (Å²) in [4.78, 5) is 14.7. The van der Waals surface area contributed by atoms with Gasteiger partial charge < -0.3 is 0 Å². The maximum Gasteiger partial charge on any atom is 0.180 e. The highest BCUT2D eigenvalue weighted by Gasteiger charge is 2.13. The van der Waals surface area contributed by atoms with Crippen molar-refractivity contribution in [3.63, 3.8) is 0 Å². The zero-order valence-electron chi connectivity index (χ0n) is 17.1. The van der Waals surface area contributed by atoms with E-state index in [0.29, 0.717) is 23.7 Å². The number of hydrogen-bond donors (Lipinski definition) is 1. The summed E-state index contributed by atoms with van der Waals surface area (Å²) in [5.74, 6) is 0.536. The van der Waals surface area contributed by atoms with Crippen LogP contribution in [0.2, 0.25) is 0 Å². The van der Waals surface area contributed by atoms with E-state index < -0.39 is 0 Å². The Balaban J connectivity index is 1.31. The summed E-state index contributed by atoms with van der Waals surface area (Å²) in [6, 6.07) is 18.2. The molecule has 31 heavy (non-hydrogen) atoms. The Morgan fingerprint density at radius 1 is 1.06 bits per heavy atom. The Labute approximate surface area is 178 Å². The number of fused-ring (bicyclic) bond motifs is 3. The van der Waals surface area contributed by atoms with Gasteiger partial charge in [-0.25, -0.2) is 19.2 Å². The Hall–Kier alpha value is -4.04. The number of nitrogens with zero attached hydrogens (tertiary/aromatic N) is 6. The summed E-state index contributed by atoms with van der Waals surface area (Å²) in [5.41, 5.74) is 8.31. The highest BCUT2D eigenvalue weighted by Crippen LogP contribution is 2.18. The van der Waals surface area contributed by atoms with Gasteiger partial charge in [-0.1, -0.05) is 66.7 Å². The average Bonchev–Trinajstić information content (AvgIpc) is 3.38. The Morgan fingerprint density at radius 2 is 1.87 bits per heavy atom. The molecule has 5 aromatic rings. The molecule has 0 saturated carbocycles. The van der Waals surface area contributed by atoms with Gasteiger partial charge in [0.15, 0.2) is 17.1 Å². The maximum atomic E-state index is 5.56. The van der Waals surface area contributed by atoms with E-state index in [1.165, 1.54) is 5.56 Å². The van der Waals surface area contributed by atoms with Crippen molar-refractivity contribution in [3.05, 3.63) is 96.2 Å². The molecule has 0 aliphatic heterocycles. The van der Waals surface area contributed by atoms with Crippen LogP contribution < -0.4 is 5.48 Å². The molecule has 0 spiro atoms. The van der Waals surface area contributed by atoms with Crippen molar-refractivity contribution in [1.82, 2.24) is 34.8 Å². The van der Waals surface area contributed by atoms with Gasteiger partial charge in [-0.2, -0.15) is 5.10 Å². The quantitative estimate of drug-likeness (QED) is 0.413. The van der Waals surface area contributed by atoms with E-state index in [9.17, 15) is 0 Å². The van der Waals surface area contributed by atoms with Crippen molar-refractivity contribution in [2.75, 3.05) is 0 Å². The molecule has 2 aromatic carbocycles. The lowest BCUT2D eigenvalue weighted by atomic mass is 10.1. The van der Waals surface area contributed by atoms with Crippen molar-refractivity contribution < 1.29 is 4.84 Å². The van der Waals surface area contributed by atoms with E-state index in [2.05, 4.69) is 44.4 Å². The summed E-state index contributed by atoms with van der Waals surface area (Å²) in [7, 11) is 0. The number of hydroxylamine groups is 1. The van der Waals surface area contributed by atoms with Gasteiger partial charge in [0.05, 0.1) is 23.8 Å². The molecule has 0 fully saturated rings. The van der Waals surface area contributed by atoms with Crippen molar-refractivity contribution in [1.29, 1.82) is 0 Å². The number of hydrogen-bond acceptors (Lipinski definition) is 6. The van der Waals surface area contributed by atoms with Gasteiger partial charge in [0, 0.05) is 0 Å². The predicted octanol–water partition coefficient (Wildman–Crippen LogP) is 3.52. The summed E-state index contributed by atoms with van der Waals surface area (Å²) in [6.07, 6.45) is 3.42. The molecule has 3 heterocycles. The molecule has 0 aliphatic rings. The Bertz CT molecular complexity index is 1350. The smallest absolute Gasteiger partial charge is 0.180 e. The molecule has 0 saturated heterocycles. The summed E-state index contributed by atoms with van der Waals surface area (Å²) < 4.78 is 3.51. The Morgan fingerprint density at radius 3 is 2.68 bits per heavy atom. The zero-order valence-corrected chi connectivity index (χ0v) is 17.1. The summed E-state index contributed by atoms with van der Waals surface area (Å²) in [6.45, 7) is 6.88. The minimum Gasteiger partial charge on any atom is -0.268 e. The normalized spacial score (nSPS) is 11.3. The van der Waals surface area contributed by atoms with E-state index in [1.807, 2.05) is 54.1 Å². The monoisotopic (exact) mass is 411 g/mol. The minimum absolute atomic E-state index is 0.187. The third-order valence-corrected chi connectivity index (χ3v) is 4.99. The Kier molecular flexibility index (Phi) is 4.89. The number of rotatable bonds is 7. The van der Waals surface area contributed by atoms with E-state index in [4.69, 9.17) is 4.84 Å². The maximum absolute atomic E-state index is 5.56. The van der Waals surface area contributed by atoms with Crippen molar-refractivity contribution in [2.45, 2.75) is 20.1 Å². The molecule has 8 nitrogen and oxygen atoms in total. The van der Waals surface area contributed by atoms with Gasteiger partial charge in [-0.05, 0) is 18.1 Å². The van der Waals surface area contributed by atoms with Gasteiger partial charge in [-0.15, -0.1) is 5.10 Å². The fourth-order valence-corrected chi connectivity index (χ4v) is 3.35. The molecule has 3 aromatic heterocycles. The van der Waals surface area contributed by atoms with Crippen LogP contribution in [0.25, 0.3) is 22.4 Å². The van der Waals surface area contributed by atoms with Crippen LogP contribution >= 0.6 is 0 Å². The largest absolute Gasteiger partial charge is 0.268 e. The minimum atomic E-state index is 0.187. The van der Waals surface area contributed by atoms with Crippen LogP contribution in [0.3, 0.4) is 0 Å². The second-order valence-electron chi connectivity index (χ2n) is 7.30. The van der Waals surface area contributed by atoms with Crippen LogP contribution in [0.1, 0.15) is 22.5 Å². The fraction of sp³-hybridized carbons (Fsp3) is 0.130. The number of benzene rings is 2. The molecule has 0 amide bonds. The van der Waals surface area contributed by atoms with Crippen LogP contribution in [0, 0.1) is 6.92 Å². The van der Waals surface area contributed by atoms with Gasteiger partial charge in [0.2, 0.25) is 0 Å². The molecule has 0 unspecified atom stereocenters.